The summed E-state index contributed by atoms with van der Waals surface area (Å²) in [5.74, 6) is 0. The summed E-state index contributed by atoms with van der Waals surface area (Å²) in [6, 6.07) is 42.3. The largest absolute Gasteiger partial charge is 0.309 e. The molecule has 0 saturated heterocycles. The first-order chi connectivity index (χ1) is 18.9. The van der Waals surface area contributed by atoms with E-state index in [1.54, 1.807) is 30.3 Å². The van der Waals surface area contributed by atoms with Crippen LogP contribution in [0.15, 0.2) is 144 Å². The monoisotopic (exact) mass is 547 g/mol. The molecule has 0 atom stereocenters. The first-order valence-corrected chi connectivity index (χ1v) is 15.8. The third kappa shape index (κ3) is 4.15. The number of hydrogen-bond acceptors (Lipinski definition) is 3. The average Bonchev–Trinajstić information content (AvgIpc) is 3.35. The molecular weight excluding hydrogens is 521 g/mol. The smallest absolute Gasteiger partial charge is 0.268 e. The molecule has 0 fully saturated rings. The van der Waals surface area contributed by atoms with E-state index in [0.29, 0.717) is 38.1 Å². The molecule has 4 nitrogen and oxygen atoms in total. The van der Waals surface area contributed by atoms with Gasteiger partial charge in [-0.05, 0) is 25.1 Å². The highest BCUT2D eigenvalue weighted by Crippen LogP contribution is 2.49. The molecule has 0 unspecified atom stereocenters. The minimum atomic E-state index is -4.07. The van der Waals surface area contributed by atoms with Gasteiger partial charge in [0.1, 0.15) is 0 Å². The second-order valence-corrected chi connectivity index (χ2v) is 13.9. The Labute approximate surface area is 228 Å². The van der Waals surface area contributed by atoms with Gasteiger partial charge in [0, 0.05) is 21.6 Å². The highest BCUT2D eigenvalue weighted by Gasteiger charge is 2.39. The van der Waals surface area contributed by atoms with Gasteiger partial charge in [0.05, 0.1) is 21.4 Å². The number of para-hydroxylation sites is 1. The van der Waals surface area contributed by atoms with Crippen molar-refractivity contribution in [3.8, 4) is 11.3 Å². The van der Waals surface area contributed by atoms with E-state index in [1.807, 2.05) is 116 Å². The molecule has 0 spiro atoms. The molecule has 0 amide bonds. The van der Waals surface area contributed by atoms with E-state index < -0.39 is 17.2 Å². The van der Waals surface area contributed by atoms with E-state index in [0.717, 1.165) is 5.56 Å². The minimum absolute atomic E-state index is 0.173. The molecule has 0 aliphatic heterocycles. The van der Waals surface area contributed by atoms with Crippen LogP contribution in [0.25, 0.3) is 22.2 Å². The summed E-state index contributed by atoms with van der Waals surface area (Å²) < 4.78 is 46.0. The molecule has 6 rings (SSSR count). The van der Waals surface area contributed by atoms with Crippen LogP contribution in [0.5, 0.6) is 0 Å². The van der Waals surface area contributed by atoms with Gasteiger partial charge >= 0.3 is 0 Å². The Morgan fingerprint density at radius 2 is 1.08 bits per heavy atom. The van der Waals surface area contributed by atoms with Crippen LogP contribution in [-0.2, 0) is 14.6 Å². The number of aryl methyl sites for hydroxylation is 1. The van der Waals surface area contributed by atoms with Crippen molar-refractivity contribution in [3.05, 3.63) is 145 Å². The van der Waals surface area contributed by atoms with Gasteiger partial charge < -0.3 is 4.57 Å². The minimum Gasteiger partial charge on any atom is -0.309 e. The molecule has 0 radical (unpaired) electrons. The van der Waals surface area contributed by atoms with Crippen molar-refractivity contribution < 1.29 is 13.0 Å². The summed E-state index contributed by atoms with van der Waals surface area (Å²) in [5.41, 5.74) is 2.53. The van der Waals surface area contributed by atoms with Gasteiger partial charge in [-0.15, -0.1) is 0 Å². The lowest BCUT2D eigenvalue weighted by atomic mass is 10.1. The van der Waals surface area contributed by atoms with Crippen LogP contribution in [-0.4, -0.2) is 12.4 Å². The zero-order chi connectivity index (χ0) is 27.0. The summed E-state index contributed by atoms with van der Waals surface area (Å²) in [6.45, 7) is 1.92. The van der Waals surface area contributed by atoms with Crippen LogP contribution < -0.4 is 15.9 Å². The molecule has 0 N–H and O–H groups in total. The summed E-state index contributed by atoms with van der Waals surface area (Å²) >= 11 is 0. The Morgan fingerprint density at radius 1 is 0.590 bits per heavy atom. The van der Waals surface area contributed by atoms with Gasteiger partial charge in [0.15, 0.2) is 7.14 Å². The molecule has 1 heterocycles. The molecule has 5 aromatic carbocycles. The summed E-state index contributed by atoms with van der Waals surface area (Å²) in [7, 11) is -7.63. The maximum Gasteiger partial charge on any atom is 0.268 e. The van der Waals surface area contributed by atoms with Crippen LogP contribution in [0.1, 0.15) is 5.56 Å². The number of benzene rings is 5. The zero-order valence-electron chi connectivity index (χ0n) is 21.3. The van der Waals surface area contributed by atoms with Crippen molar-refractivity contribution in [1.29, 1.82) is 0 Å². The van der Waals surface area contributed by atoms with Gasteiger partial charge in [-0.1, -0.05) is 127 Å². The molecule has 0 aliphatic rings. The first kappa shape index (κ1) is 25.1. The van der Waals surface area contributed by atoms with Crippen molar-refractivity contribution in [3.63, 3.8) is 0 Å². The van der Waals surface area contributed by atoms with Crippen LogP contribution in [0.2, 0.25) is 0 Å². The molecule has 1 aromatic heterocycles. The number of hydrogen-bond donors (Lipinski definition) is 0. The molecule has 0 saturated carbocycles. The first-order valence-electron chi connectivity index (χ1n) is 12.7. The molecule has 192 valence electrons. The van der Waals surface area contributed by atoms with Crippen molar-refractivity contribution in [2.45, 2.75) is 11.8 Å². The van der Waals surface area contributed by atoms with Crippen LogP contribution in [0.3, 0.4) is 0 Å². The molecule has 0 aliphatic carbocycles. The van der Waals surface area contributed by atoms with Crippen molar-refractivity contribution in [1.82, 2.24) is 3.97 Å². The van der Waals surface area contributed by atoms with Gasteiger partial charge in [-0.3, -0.25) is 0 Å². The normalized spacial score (nSPS) is 12.0. The predicted molar refractivity (Wildman–Crippen MR) is 161 cm³/mol. The molecule has 6 aromatic rings. The standard InChI is InChI=1S/C33H26NO3PS/c1-25-21-23-29(24-22-25)39(36,37)34-31-20-12-11-19-30(31)33(32(34)26-13-5-2-6-14-26)38(35,27-15-7-3-8-16-27)28-17-9-4-10-18-28/h2-24H,1H3. The topological polar surface area (TPSA) is 56.1 Å². The van der Waals surface area contributed by atoms with Crippen molar-refractivity contribution in [2.24, 2.45) is 0 Å². The van der Waals surface area contributed by atoms with E-state index in [9.17, 15) is 8.42 Å². The fourth-order valence-electron chi connectivity index (χ4n) is 5.11. The third-order valence-corrected chi connectivity index (χ3v) is 11.8. The maximum atomic E-state index is 15.7. The van der Waals surface area contributed by atoms with E-state index in [2.05, 4.69) is 0 Å². The highest BCUT2D eigenvalue weighted by atomic mass is 32.2. The molecule has 0 bridgehead atoms. The van der Waals surface area contributed by atoms with Crippen LogP contribution in [0.4, 0.5) is 0 Å². The lowest BCUT2D eigenvalue weighted by Gasteiger charge is -2.22. The Hall–Kier alpha value is -4.18. The highest BCUT2D eigenvalue weighted by molar-refractivity contribution is 7.90. The maximum absolute atomic E-state index is 15.7. The lowest BCUT2D eigenvalue weighted by Crippen LogP contribution is -2.27. The Bertz CT molecular complexity index is 1890. The third-order valence-electron chi connectivity index (χ3n) is 6.97. The van der Waals surface area contributed by atoms with Crippen molar-refractivity contribution in [2.75, 3.05) is 0 Å². The Morgan fingerprint density at radius 3 is 1.64 bits per heavy atom. The summed E-state index contributed by atoms with van der Waals surface area (Å²) in [4.78, 5) is 0.173. The van der Waals surface area contributed by atoms with E-state index in [4.69, 9.17) is 0 Å². The molecular formula is C33H26NO3PS. The number of aromatic nitrogens is 1. The fraction of sp³-hybridized carbons (Fsp3) is 0.0303. The van der Waals surface area contributed by atoms with E-state index in [1.165, 1.54) is 3.97 Å². The number of nitrogens with zero attached hydrogens (tertiary/aromatic N) is 1. The second-order valence-electron chi connectivity index (χ2n) is 9.44. The van der Waals surface area contributed by atoms with E-state index >= 15 is 4.57 Å². The van der Waals surface area contributed by atoms with Gasteiger partial charge in [-0.25, -0.2) is 12.4 Å². The van der Waals surface area contributed by atoms with Gasteiger partial charge in [-0.2, -0.15) is 0 Å². The van der Waals surface area contributed by atoms with Gasteiger partial charge in [0.25, 0.3) is 10.0 Å². The summed E-state index contributed by atoms with van der Waals surface area (Å²) in [6.07, 6.45) is 0. The Kier molecular flexibility index (Phi) is 6.34. The number of rotatable bonds is 6. The molecule has 6 heteroatoms. The van der Waals surface area contributed by atoms with E-state index in [-0.39, 0.29) is 4.90 Å². The fourth-order valence-corrected chi connectivity index (χ4v) is 9.78. The zero-order valence-corrected chi connectivity index (χ0v) is 23.0. The van der Waals surface area contributed by atoms with Gasteiger partial charge in [0.2, 0.25) is 0 Å². The van der Waals surface area contributed by atoms with Crippen LogP contribution >= 0.6 is 7.14 Å². The second kappa shape index (κ2) is 9.85. The summed E-state index contributed by atoms with van der Waals surface area (Å²) in [5, 5.41) is 2.44. The predicted octanol–water partition coefficient (Wildman–Crippen LogP) is 6.49. The quantitative estimate of drug-likeness (QED) is 0.224. The SMILES string of the molecule is Cc1ccc(S(=O)(=O)n2c(-c3ccccc3)c(P(=O)(c3ccccc3)c3ccccc3)c3ccccc32)cc1. The molecule has 39 heavy (non-hydrogen) atoms. The lowest BCUT2D eigenvalue weighted by molar-refractivity contribution is 0.589. The number of fused-ring (bicyclic) bond motifs is 1. The Balaban J connectivity index is 1.83. The average molecular weight is 548 g/mol. The van der Waals surface area contributed by atoms with Crippen LogP contribution in [0, 0.1) is 6.92 Å². The van der Waals surface area contributed by atoms with Crippen molar-refractivity contribution >= 4 is 44.0 Å².